The third kappa shape index (κ3) is 5.15. The fourth-order valence-electron chi connectivity index (χ4n) is 0.981. The lowest BCUT2D eigenvalue weighted by Crippen LogP contribution is -2.27. The summed E-state index contributed by atoms with van der Waals surface area (Å²) in [4.78, 5) is 15.2. The smallest absolute Gasteiger partial charge is 0.222 e. The van der Waals surface area contributed by atoms with Crippen LogP contribution in [0.25, 0.3) is 0 Å². The van der Waals surface area contributed by atoms with Gasteiger partial charge in [-0.2, -0.15) is 0 Å². The van der Waals surface area contributed by atoms with Crippen molar-refractivity contribution in [2.75, 3.05) is 13.1 Å². The van der Waals surface area contributed by atoms with Gasteiger partial charge in [-0.15, -0.1) is 17.8 Å². The molecule has 0 saturated carbocycles. The summed E-state index contributed by atoms with van der Waals surface area (Å²) < 4.78 is 0. The Labute approximate surface area is 93.1 Å². The molecule has 0 radical (unpaired) electrons. The molecule has 0 saturated heterocycles. The lowest BCUT2D eigenvalue weighted by molar-refractivity contribution is -0.120. The number of carbonyl (C=O) groups is 1. The quantitative estimate of drug-likeness (QED) is 0.541. The SMILES string of the molecule is C#CCNC(=O)CCNCc1cscn1. The summed E-state index contributed by atoms with van der Waals surface area (Å²) in [6, 6.07) is 0. The molecule has 0 unspecified atom stereocenters. The van der Waals surface area contributed by atoms with Crippen molar-refractivity contribution in [3.63, 3.8) is 0 Å². The molecular formula is C10H13N3OS. The van der Waals surface area contributed by atoms with E-state index in [1.54, 1.807) is 16.8 Å². The van der Waals surface area contributed by atoms with Gasteiger partial charge >= 0.3 is 0 Å². The summed E-state index contributed by atoms with van der Waals surface area (Å²) in [5.74, 6) is 2.32. The predicted molar refractivity (Wildman–Crippen MR) is 60.3 cm³/mol. The molecule has 4 nitrogen and oxygen atoms in total. The van der Waals surface area contributed by atoms with Crippen LogP contribution >= 0.6 is 11.3 Å². The molecule has 0 aromatic carbocycles. The molecule has 0 aliphatic carbocycles. The van der Waals surface area contributed by atoms with E-state index < -0.39 is 0 Å². The van der Waals surface area contributed by atoms with Gasteiger partial charge in [0.15, 0.2) is 0 Å². The number of nitrogens with zero attached hydrogens (tertiary/aromatic N) is 1. The Bertz CT molecular complexity index is 329. The summed E-state index contributed by atoms with van der Waals surface area (Å²) in [6.07, 6.45) is 5.44. The fourth-order valence-corrected chi connectivity index (χ4v) is 1.54. The first-order valence-electron chi connectivity index (χ1n) is 4.61. The first-order valence-corrected chi connectivity index (χ1v) is 5.55. The zero-order chi connectivity index (χ0) is 10.9. The van der Waals surface area contributed by atoms with Gasteiger partial charge in [0.2, 0.25) is 5.91 Å². The van der Waals surface area contributed by atoms with E-state index >= 15 is 0 Å². The van der Waals surface area contributed by atoms with E-state index in [9.17, 15) is 4.79 Å². The van der Waals surface area contributed by atoms with E-state index in [0.717, 1.165) is 5.69 Å². The maximum Gasteiger partial charge on any atom is 0.222 e. The Balaban J connectivity index is 2.02. The second-order valence-electron chi connectivity index (χ2n) is 2.89. The molecular weight excluding hydrogens is 210 g/mol. The third-order valence-corrected chi connectivity index (χ3v) is 2.34. The number of thiazole rings is 1. The number of hydrogen-bond donors (Lipinski definition) is 2. The van der Waals surface area contributed by atoms with Crippen molar-refractivity contribution >= 4 is 17.2 Å². The second-order valence-corrected chi connectivity index (χ2v) is 3.61. The van der Waals surface area contributed by atoms with E-state index in [2.05, 4.69) is 21.5 Å². The van der Waals surface area contributed by atoms with Gasteiger partial charge in [0.05, 0.1) is 17.7 Å². The van der Waals surface area contributed by atoms with E-state index in [1.807, 2.05) is 5.38 Å². The molecule has 1 aromatic heterocycles. The Kier molecular flexibility index (Phi) is 5.44. The number of nitrogens with one attached hydrogen (secondary N) is 2. The number of terminal acetylenes is 1. The zero-order valence-corrected chi connectivity index (χ0v) is 9.14. The van der Waals surface area contributed by atoms with Crippen LogP contribution in [0.15, 0.2) is 10.9 Å². The fraction of sp³-hybridized carbons (Fsp3) is 0.400. The molecule has 15 heavy (non-hydrogen) atoms. The lowest BCUT2D eigenvalue weighted by atomic mass is 10.4. The van der Waals surface area contributed by atoms with Gasteiger partial charge < -0.3 is 10.6 Å². The normalized spacial score (nSPS) is 9.53. The van der Waals surface area contributed by atoms with Crippen LogP contribution < -0.4 is 10.6 Å². The van der Waals surface area contributed by atoms with Gasteiger partial charge in [-0.25, -0.2) is 4.98 Å². The van der Waals surface area contributed by atoms with E-state index in [4.69, 9.17) is 6.42 Å². The standard InChI is InChI=1S/C10H13N3OS/c1-2-4-12-10(14)3-5-11-6-9-7-15-8-13-9/h1,7-8,11H,3-6H2,(H,12,14). The maximum absolute atomic E-state index is 11.1. The van der Waals surface area contributed by atoms with Crippen molar-refractivity contribution in [2.24, 2.45) is 0 Å². The molecule has 1 aromatic rings. The molecule has 0 fully saturated rings. The van der Waals surface area contributed by atoms with Crippen molar-refractivity contribution in [2.45, 2.75) is 13.0 Å². The van der Waals surface area contributed by atoms with Crippen LogP contribution in [0.5, 0.6) is 0 Å². The molecule has 0 atom stereocenters. The topological polar surface area (TPSA) is 54.0 Å². The monoisotopic (exact) mass is 223 g/mol. The average Bonchev–Trinajstić information content (AvgIpc) is 2.74. The largest absolute Gasteiger partial charge is 0.345 e. The molecule has 0 aliphatic heterocycles. The summed E-state index contributed by atoms with van der Waals surface area (Å²) >= 11 is 1.56. The van der Waals surface area contributed by atoms with Gasteiger partial charge in [0.25, 0.3) is 0 Å². The molecule has 5 heteroatoms. The minimum atomic E-state index is -0.0290. The van der Waals surface area contributed by atoms with Gasteiger partial charge in [0.1, 0.15) is 0 Å². The molecule has 0 aliphatic rings. The minimum absolute atomic E-state index is 0.0290. The third-order valence-electron chi connectivity index (χ3n) is 1.71. The highest BCUT2D eigenvalue weighted by molar-refractivity contribution is 7.07. The minimum Gasteiger partial charge on any atom is -0.345 e. The Morgan fingerprint density at radius 3 is 3.20 bits per heavy atom. The molecule has 2 N–H and O–H groups in total. The van der Waals surface area contributed by atoms with E-state index in [-0.39, 0.29) is 5.91 Å². The average molecular weight is 223 g/mol. The second kappa shape index (κ2) is 6.98. The van der Waals surface area contributed by atoms with Crippen LogP contribution in [-0.2, 0) is 11.3 Å². The van der Waals surface area contributed by atoms with Crippen LogP contribution in [0.4, 0.5) is 0 Å². The predicted octanol–water partition coefficient (Wildman–Crippen LogP) is 0.372. The molecule has 0 bridgehead atoms. The van der Waals surface area contributed by atoms with Gasteiger partial charge in [-0.3, -0.25) is 4.79 Å². The highest BCUT2D eigenvalue weighted by Crippen LogP contribution is 1.99. The number of aromatic nitrogens is 1. The molecule has 1 amide bonds. The van der Waals surface area contributed by atoms with Crippen molar-refractivity contribution in [3.8, 4) is 12.3 Å². The number of rotatable bonds is 6. The summed E-state index contributed by atoms with van der Waals surface area (Å²) in [7, 11) is 0. The van der Waals surface area contributed by atoms with Crippen molar-refractivity contribution in [3.05, 3.63) is 16.6 Å². The summed E-state index contributed by atoms with van der Waals surface area (Å²) in [6.45, 7) is 1.63. The van der Waals surface area contributed by atoms with Crippen LogP contribution in [0, 0.1) is 12.3 Å². The lowest BCUT2D eigenvalue weighted by Gasteiger charge is -2.02. The highest BCUT2D eigenvalue weighted by atomic mass is 32.1. The summed E-state index contributed by atoms with van der Waals surface area (Å²) in [5, 5.41) is 7.70. The van der Waals surface area contributed by atoms with E-state index in [0.29, 0.717) is 26.1 Å². The highest BCUT2D eigenvalue weighted by Gasteiger charge is 1.99. The Hall–Kier alpha value is -1.38. The van der Waals surface area contributed by atoms with Crippen LogP contribution in [0.2, 0.25) is 0 Å². The maximum atomic E-state index is 11.1. The van der Waals surface area contributed by atoms with Crippen LogP contribution in [0.1, 0.15) is 12.1 Å². The molecule has 1 heterocycles. The van der Waals surface area contributed by atoms with Gasteiger partial charge in [-0.1, -0.05) is 5.92 Å². The Morgan fingerprint density at radius 1 is 1.67 bits per heavy atom. The van der Waals surface area contributed by atoms with Crippen LogP contribution in [-0.4, -0.2) is 24.0 Å². The van der Waals surface area contributed by atoms with Gasteiger partial charge in [0, 0.05) is 24.9 Å². The van der Waals surface area contributed by atoms with Gasteiger partial charge in [-0.05, 0) is 0 Å². The summed E-state index contributed by atoms with van der Waals surface area (Å²) in [5.41, 5.74) is 2.79. The Morgan fingerprint density at radius 2 is 2.53 bits per heavy atom. The van der Waals surface area contributed by atoms with Crippen molar-refractivity contribution < 1.29 is 4.79 Å². The van der Waals surface area contributed by atoms with Crippen molar-refractivity contribution in [1.29, 1.82) is 0 Å². The molecule has 1 rings (SSSR count). The zero-order valence-electron chi connectivity index (χ0n) is 8.32. The number of carbonyl (C=O) groups excluding carboxylic acids is 1. The van der Waals surface area contributed by atoms with Crippen molar-refractivity contribution in [1.82, 2.24) is 15.6 Å². The molecule has 0 spiro atoms. The van der Waals surface area contributed by atoms with Crippen LogP contribution in [0.3, 0.4) is 0 Å². The number of hydrogen-bond acceptors (Lipinski definition) is 4. The van der Waals surface area contributed by atoms with E-state index in [1.165, 1.54) is 0 Å². The molecule has 80 valence electrons. The number of amides is 1. The first-order chi connectivity index (χ1) is 7.33. The first kappa shape index (κ1) is 11.7.